The Bertz CT molecular complexity index is 600. The molecule has 0 aromatic carbocycles. The van der Waals surface area contributed by atoms with Crippen molar-refractivity contribution in [3.63, 3.8) is 0 Å². The monoisotopic (exact) mass is 334 g/mol. The number of allylic oxidation sites excluding steroid dienone is 2. The third kappa shape index (κ3) is 2.82. The van der Waals surface area contributed by atoms with Gasteiger partial charge in [-0.1, -0.05) is 26.8 Å². The Labute approximate surface area is 143 Å². The predicted molar refractivity (Wildman–Crippen MR) is 93.3 cm³/mol. The van der Waals surface area contributed by atoms with Gasteiger partial charge in [-0.05, 0) is 31.3 Å². The van der Waals surface area contributed by atoms with Crippen molar-refractivity contribution in [3.05, 3.63) is 23.7 Å². The molecule has 24 heavy (non-hydrogen) atoms. The number of urea groups is 1. The summed E-state index contributed by atoms with van der Waals surface area (Å²) in [4.78, 5) is 18.9. The molecule has 1 saturated heterocycles. The number of hydrogen-bond acceptors (Lipinski definition) is 3. The van der Waals surface area contributed by atoms with Crippen molar-refractivity contribution in [2.45, 2.75) is 52.2 Å². The van der Waals surface area contributed by atoms with Crippen LogP contribution in [0.2, 0.25) is 0 Å². The first-order valence-electron chi connectivity index (χ1n) is 8.81. The number of amides is 2. The summed E-state index contributed by atoms with van der Waals surface area (Å²) in [5.74, 6) is 0.0395. The molecule has 5 nitrogen and oxygen atoms in total. The van der Waals surface area contributed by atoms with Crippen molar-refractivity contribution in [2.75, 3.05) is 6.54 Å². The van der Waals surface area contributed by atoms with E-state index in [0.717, 1.165) is 12.1 Å². The second-order valence-corrected chi connectivity index (χ2v) is 7.25. The second kappa shape index (κ2) is 6.57. The fraction of sp³-hybridized carbons (Fsp3) is 0.667. The van der Waals surface area contributed by atoms with Crippen molar-refractivity contribution in [1.29, 1.82) is 0 Å². The highest BCUT2D eigenvalue weighted by Crippen LogP contribution is 2.35. The zero-order valence-electron chi connectivity index (χ0n) is 14.8. The van der Waals surface area contributed by atoms with Crippen molar-refractivity contribution >= 4 is 12.4 Å². The molecule has 3 rings (SSSR count). The van der Waals surface area contributed by atoms with E-state index in [2.05, 4.69) is 28.6 Å². The quantitative estimate of drug-likeness (QED) is 0.830. The van der Waals surface area contributed by atoms with Gasteiger partial charge in [0, 0.05) is 18.2 Å². The summed E-state index contributed by atoms with van der Waals surface area (Å²) in [6.07, 6.45) is 6.31. The Hall–Kier alpha value is -1.85. The average Bonchev–Trinajstić information content (AvgIpc) is 3.17. The first-order valence-corrected chi connectivity index (χ1v) is 8.81. The molecule has 4 unspecified atom stereocenters. The van der Waals surface area contributed by atoms with E-state index in [1.807, 2.05) is 18.7 Å². The summed E-state index contributed by atoms with van der Waals surface area (Å²) in [6.45, 7) is 8.38. The number of nitrogens with one attached hydrogen (secondary N) is 2. The van der Waals surface area contributed by atoms with Crippen LogP contribution >= 0.6 is 0 Å². The maximum absolute atomic E-state index is 14.0. The zero-order valence-corrected chi connectivity index (χ0v) is 14.8. The third-order valence-electron chi connectivity index (χ3n) is 5.85. The highest BCUT2D eigenvalue weighted by Gasteiger charge is 2.44. The third-order valence-corrected chi connectivity index (χ3v) is 5.85. The van der Waals surface area contributed by atoms with Crippen LogP contribution in [0.1, 0.15) is 34.1 Å². The normalized spacial score (nSPS) is 35.2. The topological polar surface area (TPSA) is 56.7 Å². The van der Waals surface area contributed by atoms with E-state index in [1.165, 1.54) is 6.08 Å². The van der Waals surface area contributed by atoms with Gasteiger partial charge in [0.15, 0.2) is 0 Å². The minimum absolute atomic E-state index is 0.0126. The van der Waals surface area contributed by atoms with Crippen LogP contribution in [0.15, 0.2) is 28.7 Å². The number of aliphatic imine (C=N–C) groups is 1. The largest absolute Gasteiger partial charge is 0.348 e. The minimum Gasteiger partial charge on any atom is -0.348 e. The van der Waals surface area contributed by atoms with Crippen molar-refractivity contribution < 1.29 is 9.18 Å². The summed E-state index contributed by atoms with van der Waals surface area (Å²) in [5, 5.41) is 6.14. The standard InChI is InChI=1S/C18H27FN4O/c1-5-13(19)11(3)12(4)17-8-20-18(24)23(17)16-7-15-14(6-10(16)2)21-9-22-15/h5,7,9-12,14,16-17H,6,8H2,1-4H3,(H,20,24)(H,21,22)/b13-5+/t10-,11+,12?,14?,16?,17?/m0/s1. The fourth-order valence-corrected chi connectivity index (χ4v) is 4.09. The Morgan fingerprint density at radius 2 is 2.25 bits per heavy atom. The summed E-state index contributed by atoms with van der Waals surface area (Å²) in [7, 11) is 0. The number of nitrogens with zero attached hydrogens (tertiary/aromatic N) is 2. The zero-order chi connectivity index (χ0) is 17.4. The van der Waals surface area contributed by atoms with Crippen LogP contribution in [0.3, 0.4) is 0 Å². The molecular weight excluding hydrogens is 307 g/mol. The molecule has 0 radical (unpaired) electrons. The van der Waals surface area contributed by atoms with Crippen LogP contribution < -0.4 is 10.6 Å². The average molecular weight is 334 g/mol. The van der Waals surface area contributed by atoms with E-state index in [4.69, 9.17) is 0 Å². The molecule has 1 aliphatic carbocycles. The smallest absolute Gasteiger partial charge is 0.318 e. The number of carbonyl (C=O) groups is 1. The number of fused-ring (bicyclic) bond motifs is 1. The lowest BCUT2D eigenvalue weighted by Gasteiger charge is -2.40. The molecule has 2 amide bonds. The molecule has 132 valence electrons. The summed E-state index contributed by atoms with van der Waals surface area (Å²) >= 11 is 0. The van der Waals surface area contributed by atoms with Gasteiger partial charge in [-0.25, -0.2) is 9.18 Å². The van der Waals surface area contributed by atoms with Gasteiger partial charge in [0.1, 0.15) is 0 Å². The van der Waals surface area contributed by atoms with Gasteiger partial charge < -0.3 is 15.5 Å². The van der Waals surface area contributed by atoms with Crippen molar-refractivity contribution in [3.8, 4) is 0 Å². The molecule has 6 atom stereocenters. The minimum atomic E-state index is -0.206. The highest BCUT2D eigenvalue weighted by atomic mass is 19.1. The number of halogens is 1. The molecule has 0 aromatic rings. The van der Waals surface area contributed by atoms with E-state index in [9.17, 15) is 9.18 Å². The van der Waals surface area contributed by atoms with Crippen molar-refractivity contribution in [2.24, 2.45) is 22.7 Å². The molecule has 2 aliphatic heterocycles. The summed E-state index contributed by atoms with van der Waals surface area (Å²) < 4.78 is 14.0. The molecule has 2 N–H and O–H groups in total. The molecule has 0 aromatic heterocycles. The lowest BCUT2D eigenvalue weighted by Crippen LogP contribution is -2.50. The molecular formula is C18H27FN4O. The molecule has 1 fully saturated rings. The van der Waals surface area contributed by atoms with E-state index in [-0.39, 0.29) is 41.8 Å². The van der Waals surface area contributed by atoms with Crippen LogP contribution in [-0.2, 0) is 0 Å². The van der Waals surface area contributed by atoms with E-state index < -0.39 is 0 Å². The van der Waals surface area contributed by atoms with E-state index in [0.29, 0.717) is 12.5 Å². The van der Waals surface area contributed by atoms with Gasteiger partial charge in [0.2, 0.25) is 0 Å². The first-order chi connectivity index (χ1) is 11.4. The molecule has 0 saturated carbocycles. The second-order valence-electron chi connectivity index (χ2n) is 7.25. The predicted octanol–water partition coefficient (Wildman–Crippen LogP) is 2.82. The highest BCUT2D eigenvalue weighted by molar-refractivity contribution is 5.78. The van der Waals surface area contributed by atoms with Gasteiger partial charge in [-0.15, -0.1) is 0 Å². The van der Waals surface area contributed by atoms with Crippen LogP contribution in [0, 0.1) is 17.8 Å². The maximum Gasteiger partial charge on any atom is 0.318 e. The van der Waals surface area contributed by atoms with Gasteiger partial charge >= 0.3 is 6.03 Å². The Morgan fingerprint density at radius 1 is 1.50 bits per heavy atom. The molecule has 0 bridgehead atoms. The lowest BCUT2D eigenvalue weighted by molar-refractivity contribution is 0.124. The number of carbonyl (C=O) groups excluding carboxylic acids is 1. The molecule has 3 aliphatic rings. The van der Waals surface area contributed by atoms with Crippen LogP contribution in [0.4, 0.5) is 9.18 Å². The molecule has 6 heteroatoms. The van der Waals surface area contributed by atoms with E-state index in [1.54, 1.807) is 13.3 Å². The number of hydrogen-bond donors (Lipinski definition) is 2. The van der Waals surface area contributed by atoms with Crippen LogP contribution in [0.25, 0.3) is 0 Å². The summed E-state index contributed by atoms with van der Waals surface area (Å²) in [6, 6.07) is 0.144. The first kappa shape index (κ1) is 17.0. The van der Waals surface area contributed by atoms with Gasteiger partial charge in [0.25, 0.3) is 0 Å². The maximum atomic E-state index is 14.0. The Balaban J connectivity index is 1.84. The van der Waals surface area contributed by atoms with Crippen molar-refractivity contribution in [1.82, 2.24) is 15.5 Å². The summed E-state index contributed by atoms with van der Waals surface area (Å²) in [5.41, 5.74) is 1.08. The van der Waals surface area contributed by atoms with E-state index >= 15 is 0 Å². The Morgan fingerprint density at radius 3 is 2.96 bits per heavy atom. The van der Waals surface area contributed by atoms with Crippen LogP contribution in [-0.4, -0.2) is 41.9 Å². The van der Waals surface area contributed by atoms with Gasteiger partial charge in [0.05, 0.1) is 30.3 Å². The Kier molecular flexibility index (Phi) is 4.65. The fourth-order valence-electron chi connectivity index (χ4n) is 4.09. The lowest BCUT2D eigenvalue weighted by atomic mass is 9.82. The van der Waals surface area contributed by atoms with Gasteiger partial charge in [-0.2, -0.15) is 0 Å². The van der Waals surface area contributed by atoms with Gasteiger partial charge in [-0.3, -0.25) is 4.99 Å². The molecule has 0 spiro atoms. The molecule has 2 heterocycles. The number of rotatable bonds is 4. The van der Waals surface area contributed by atoms with Crippen LogP contribution in [0.5, 0.6) is 0 Å². The SMILES string of the molecule is C/C=C(/F)[C@H](C)C(C)C1CNC(=O)N1C1C=C2NC=NC2C[C@@H]1C.